The van der Waals surface area contributed by atoms with Crippen molar-refractivity contribution in [2.75, 3.05) is 6.61 Å². The van der Waals surface area contributed by atoms with Crippen molar-refractivity contribution in [3.63, 3.8) is 0 Å². The molecule has 148 valence electrons. The fourth-order valence-corrected chi connectivity index (χ4v) is 3.45. The van der Waals surface area contributed by atoms with Gasteiger partial charge >= 0.3 is 0 Å². The summed E-state index contributed by atoms with van der Waals surface area (Å²) in [4.78, 5) is 19.7. The van der Waals surface area contributed by atoms with Crippen LogP contribution in [0.2, 0.25) is 0 Å². The third-order valence-corrected chi connectivity index (χ3v) is 5.15. The quantitative estimate of drug-likeness (QED) is 0.527. The maximum atomic E-state index is 12.7. The maximum Gasteiger partial charge on any atom is 0.261 e. The topological polar surface area (TPSA) is 68.5 Å². The summed E-state index contributed by atoms with van der Waals surface area (Å²) in [5.74, 6) is 1.53. The first kappa shape index (κ1) is 20.1. The molecule has 7 heteroatoms. The lowest BCUT2D eigenvalue weighted by Gasteiger charge is -2.25. The minimum Gasteiger partial charge on any atom is -0.484 e. The predicted molar refractivity (Wildman–Crippen MR) is 109 cm³/mol. The van der Waals surface area contributed by atoms with Crippen molar-refractivity contribution < 1.29 is 14.1 Å². The lowest BCUT2D eigenvalue weighted by Crippen LogP contribution is -2.39. The van der Waals surface area contributed by atoms with Gasteiger partial charge in [0.2, 0.25) is 11.7 Å². The third-order valence-electron chi connectivity index (χ3n) is 4.28. The van der Waals surface area contributed by atoms with Crippen molar-refractivity contribution >= 4 is 17.2 Å². The van der Waals surface area contributed by atoms with Gasteiger partial charge in [-0.05, 0) is 49.4 Å². The molecule has 0 aliphatic rings. The van der Waals surface area contributed by atoms with Crippen LogP contribution in [0.5, 0.6) is 5.75 Å². The molecule has 0 fully saturated rings. The summed E-state index contributed by atoms with van der Waals surface area (Å²) in [5, 5.41) is 5.96. The molecule has 0 aliphatic carbocycles. The Hall–Kier alpha value is -2.67. The molecule has 0 saturated heterocycles. The van der Waals surface area contributed by atoms with Crippen LogP contribution in [0.3, 0.4) is 0 Å². The number of hydrogen-bond acceptors (Lipinski definition) is 6. The predicted octanol–water partition coefficient (Wildman–Crippen LogP) is 4.57. The van der Waals surface area contributed by atoms with Gasteiger partial charge in [0.15, 0.2) is 6.61 Å². The average Bonchev–Trinajstić information content (AvgIpc) is 3.37. The Bertz CT molecular complexity index is 873. The van der Waals surface area contributed by atoms with E-state index >= 15 is 0 Å². The summed E-state index contributed by atoms with van der Waals surface area (Å²) in [7, 11) is 0. The van der Waals surface area contributed by atoms with Crippen molar-refractivity contribution in [3.8, 4) is 16.5 Å². The fourth-order valence-electron chi connectivity index (χ4n) is 2.80. The summed E-state index contributed by atoms with van der Waals surface area (Å²) in [6.07, 6.45) is 2.14. The van der Waals surface area contributed by atoms with Gasteiger partial charge in [0.25, 0.3) is 5.91 Å². The van der Waals surface area contributed by atoms with Crippen LogP contribution in [0.25, 0.3) is 10.7 Å². The van der Waals surface area contributed by atoms with E-state index in [-0.39, 0.29) is 25.1 Å². The summed E-state index contributed by atoms with van der Waals surface area (Å²) >= 11 is 1.54. The number of benzene rings is 1. The Morgan fingerprint density at radius 1 is 1.25 bits per heavy atom. The van der Waals surface area contributed by atoms with Gasteiger partial charge in [-0.15, -0.1) is 11.3 Å². The van der Waals surface area contributed by atoms with E-state index in [4.69, 9.17) is 9.26 Å². The van der Waals surface area contributed by atoms with Crippen LogP contribution in [0.15, 0.2) is 46.3 Å². The van der Waals surface area contributed by atoms with E-state index in [9.17, 15) is 4.79 Å². The van der Waals surface area contributed by atoms with Crippen molar-refractivity contribution in [1.29, 1.82) is 0 Å². The molecule has 0 radical (unpaired) electrons. The standard InChI is InChI=1S/C21H25N3O3S/c1-4-6-16-8-10-17(11-9-16)26-14-20(25)24(15(2)3)13-19-22-21(23-27-19)18-7-5-12-28-18/h5,7-12,15H,4,6,13-14H2,1-3H3. The van der Waals surface area contributed by atoms with E-state index in [0.717, 1.165) is 17.7 Å². The molecule has 0 bridgehead atoms. The van der Waals surface area contributed by atoms with Gasteiger partial charge in [0.1, 0.15) is 12.3 Å². The van der Waals surface area contributed by atoms with Crippen molar-refractivity contribution in [2.24, 2.45) is 0 Å². The van der Waals surface area contributed by atoms with E-state index in [1.54, 1.807) is 16.2 Å². The molecule has 6 nitrogen and oxygen atoms in total. The zero-order valence-corrected chi connectivity index (χ0v) is 17.2. The van der Waals surface area contributed by atoms with Crippen molar-refractivity contribution in [2.45, 2.75) is 46.2 Å². The number of aryl methyl sites for hydroxylation is 1. The van der Waals surface area contributed by atoms with Crippen LogP contribution in [0.4, 0.5) is 0 Å². The number of amides is 1. The highest BCUT2D eigenvalue weighted by molar-refractivity contribution is 7.13. The summed E-state index contributed by atoms with van der Waals surface area (Å²) in [5.41, 5.74) is 1.27. The second-order valence-electron chi connectivity index (χ2n) is 6.79. The smallest absolute Gasteiger partial charge is 0.261 e. The molecule has 0 unspecified atom stereocenters. The van der Waals surface area contributed by atoms with Crippen molar-refractivity contribution in [3.05, 3.63) is 53.2 Å². The van der Waals surface area contributed by atoms with Crippen LogP contribution in [0, 0.1) is 0 Å². The van der Waals surface area contributed by atoms with E-state index < -0.39 is 0 Å². The van der Waals surface area contributed by atoms with Crippen LogP contribution < -0.4 is 4.74 Å². The monoisotopic (exact) mass is 399 g/mol. The van der Waals surface area contributed by atoms with Crippen LogP contribution in [-0.4, -0.2) is 33.6 Å². The van der Waals surface area contributed by atoms with Gasteiger partial charge in [-0.2, -0.15) is 4.98 Å². The van der Waals surface area contributed by atoms with Gasteiger partial charge in [0, 0.05) is 6.04 Å². The second kappa shape index (κ2) is 9.50. The Morgan fingerprint density at radius 3 is 2.68 bits per heavy atom. The maximum absolute atomic E-state index is 12.7. The first-order valence-electron chi connectivity index (χ1n) is 9.44. The SMILES string of the molecule is CCCc1ccc(OCC(=O)N(Cc2nc(-c3cccs3)no2)C(C)C)cc1. The number of nitrogens with zero attached hydrogens (tertiary/aromatic N) is 3. The highest BCUT2D eigenvalue weighted by Crippen LogP contribution is 2.22. The number of ether oxygens (including phenoxy) is 1. The van der Waals surface area contributed by atoms with Crippen LogP contribution in [0.1, 0.15) is 38.6 Å². The normalized spacial score (nSPS) is 11.0. The molecular formula is C21H25N3O3S. The second-order valence-corrected chi connectivity index (χ2v) is 7.73. The lowest BCUT2D eigenvalue weighted by atomic mass is 10.1. The molecule has 0 aliphatic heterocycles. The minimum absolute atomic E-state index is 0.0138. The molecule has 0 atom stereocenters. The van der Waals surface area contributed by atoms with E-state index in [0.29, 0.717) is 17.5 Å². The molecule has 3 aromatic rings. The molecule has 3 rings (SSSR count). The Balaban J connectivity index is 1.59. The Kier molecular flexibility index (Phi) is 6.81. The van der Waals surface area contributed by atoms with Gasteiger partial charge in [-0.3, -0.25) is 4.79 Å². The molecule has 2 heterocycles. The lowest BCUT2D eigenvalue weighted by molar-refractivity contribution is -0.136. The summed E-state index contributed by atoms with van der Waals surface area (Å²) in [6, 6.07) is 11.7. The van der Waals surface area contributed by atoms with Crippen LogP contribution in [-0.2, 0) is 17.8 Å². The Morgan fingerprint density at radius 2 is 2.04 bits per heavy atom. The molecule has 1 amide bonds. The molecule has 0 N–H and O–H groups in total. The summed E-state index contributed by atoms with van der Waals surface area (Å²) in [6.45, 7) is 6.28. The number of carbonyl (C=O) groups excluding carboxylic acids is 1. The molecule has 0 saturated carbocycles. The first-order chi connectivity index (χ1) is 13.6. The number of thiophene rings is 1. The minimum atomic E-state index is -0.122. The highest BCUT2D eigenvalue weighted by Gasteiger charge is 2.21. The summed E-state index contributed by atoms with van der Waals surface area (Å²) < 4.78 is 11.0. The first-order valence-corrected chi connectivity index (χ1v) is 10.3. The van der Waals surface area contributed by atoms with Crippen molar-refractivity contribution in [1.82, 2.24) is 15.0 Å². The van der Waals surface area contributed by atoms with E-state index in [1.165, 1.54) is 5.56 Å². The molecular weight excluding hydrogens is 374 g/mol. The number of aromatic nitrogens is 2. The largest absolute Gasteiger partial charge is 0.484 e. The van der Waals surface area contributed by atoms with E-state index in [2.05, 4.69) is 17.1 Å². The third kappa shape index (κ3) is 5.19. The molecule has 28 heavy (non-hydrogen) atoms. The zero-order chi connectivity index (χ0) is 19.9. The highest BCUT2D eigenvalue weighted by atomic mass is 32.1. The van der Waals surface area contributed by atoms with Gasteiger partial charge in [-0.1, -0.05) is 36.7 Å². The Labute approximate surface area is 169 Å². The zero-order valence-electron chi connectivity index (χ0n) is 16.4. The van der Waals surface area contributed by atoms with Crippen LogP contribution >= 0.6 is 11.3 Å². The molecule has 2 aromatic heterocycles. The average molecular weight is 400 g/mol. The van der Waals surface area contributed by atoms with Gasteiger partial charge in [0.05, 0.1) is 4.88 Å². The number of hydrogen-bond donors (Lipinski definition) is 0. The van der Waals surface area contributed by atoms with Gasteiger partial charge < -0.3 is 14.2 Å². The van der Waals surface area contributed by atoms with Gasteiger partial charge in [-0.25, -0.2) is 0 Å². The number of carbonyl (C=O) groups is 1. The number of rotatable bonds is 9. The van der Waals surface area contributed by atoms with E-state index in [1.807, 2.05) is 55.6 Å². The molecule has 1 aromatic carbocycles. The fraction of sp³-hybridized carbons (Fsp3) is 0.381. The molecule has 0 spiro atoms.